The van der Waals surface area contributed by atoms with Crippen LogP contribution in [0.3, 0.4) is 0 Å². The minimum atomic E-state index is 0.868. The van der Waals surface area contributed by atoms with E-state index < -0.39 is 0 Å². The maximum atomic E-state index is 4.60. The van der Waals surface area contributed by atoms with Gasteiger partial charge in [0.15, 0.2) is 0 Å². The SMILES string of the molecule is c1ccc2[nH]c([N]c3cc4ccccc4[nH]3)cc2c1. The lowest BCUT2D eigenvalue weighted by atomic mass is 10.2. The zero-order valence-electron chi connectivity index (χ0n) is 10.2. The smallest absolute Gasteiger partial charge is 0.133 e. The minimum absolute atomic E-state index is 0.868. The molecular weight excluding hydrogens is 234 g/mol. The van der Waals surface area contributed by atoms with Gasteiger partial charge in [-0.05, 0) is 24.3 Å². The number of rotatable bonds is 2. The summed E-state index contributed by atoms with van der Waals surface area (Å²) in [5.41, 5.74) is 2.22. The number of fused-ring (bicyclic) bond motifs is 2. The van der Waals surface area contributed by atoms with E-state index >= 15 is 0 Å². The van der Waals surface area contributed by atoms with Crippen molar-refractivity contribution in [2.75, 3.05) is 0 Å². The Morgan fingerprint density at radius 1 is 0.632 bits per heavy atom. The largest absolute Gasteiger partial charge is 0.340 e. The Morgan fingerprint density at radius 3 is 1.58 bits per heavy atom. The Hall–Kier alpha value is -2.68. The molecule has 0 aliphatic heterocycles. The molecule has 3 heteroatoms. The fourth-order valence-corrected chi connectivity index (χ4v) is 2.37. The van der Waals surface area contributed by atoms with Crippen molar-refractivity contribution in [3.05, 3.63) is 60.7 Å². The fourth-order valence-electron chi connectivity index (χ4n) is 2.37. The zero-order valence-corrected chi connectivity index (χ0v) is 10.2. The summed E-state index contributed by atoms with van der Waals surface area (Å²) in [6.07, 6.45) is 0. The summed E-state index contributed by atoms with van der Waals surface area (Å²) in [4.78, 5) is 6.60. The molecule has 0 bridgehead atoms. The van der Waals surface area contributed by atoms with Gasteiger partial charge in [0, 0.05) is 21.8 Å². The Labute approximate surface area is 110 Å². The van der Waals surface area contributed by atoms with E-state index in [4.69, 9.17) is 0 Å². The van der Waals surface area contributed by atoms with Crippen LogP contribution in [0.15, 0.2) is 60.7 Å². The molecule has 91 valence electrons. The van der Waals surface area contributed by atoms with Gasteiger partial charge < -0.3 is 9.97 Å². The van der Waals surface area contributed by atoms with E-state index in [2.05, 4.69) is 51.7 Å². The highest BCUT2D eigenvalue weighted by Crippen LogP contribution is 2.24. The molecule has 2 aromatic carbocycles. The molecule has 4 aromatic rings. The lowest BCUT2D eigenvalue weighted by Crippen LogP contribution is -1.87. The molecule has 0 saturated heterocycles. The first kappa shape index (κ1) is 10.3. The standard InChI is InChI=1S/C16H12N3/c1-3-7-13-11(5-1)9-15(17-13)19-16-10-12-6-2-4-8-14(12)18-16/h1-10,17-18H. The maximum absolute atomic E-state index is 4.60. The molecule has 0 saturated carbocycles. The topological polar surface area (TPSA) is 45.7 Å². The van der Waals surface area contributed by atoms with Gasteiger partial charge >= 0.3 is 0 Å². The molecule has 2 heterocycles. The van der Waals surface area contributed by atoms with Crippen LogP contribution in [0.1, 0.15) is 0 Å². The highest BCUT2D eigenvalue weighted by molar-refractivity contribution is 5.85. The van der Waals surface area contributed by atoms with E-state index in [1.54, 1.807) is 0 Å². The number of benzene rings is 2. The summed E-state index contributed by atoms with van der Waals surface area (Å²) in [7, 11) is 0. The van der Waals surface area contributed by atoms with Crippen LogP contribution in [0, 0.1) is 0 Å². The van der Waals surface area contributed by atoms with Gasteiger partial charge in [-0.1, -0.05) is 36.4 Å². The highest BCUT2D eigenvalue weighted by Gasteiger charge is 2.04. The second-order valence-corrected chi connectivity index (χ2v) is 4.60. The van der Waals surface area contributed by atoms with Crippen molar-refractivity contribution in [3.63, 3.8) is 0 Å². The van der Waals surface area contributed by atoms with Gasteiger partial charge in [-0.2, -0.15) is 0 Å². The van der Waals surface area contributed by atoms with Gasteiger partial charge in [0.25, 0.3) is 0 Å². The zero-order chi connectivity index (χ0) is 12.7. The molecule has 2 aromatic heterocycles. The molecule has 0 atom stereocenters. The van der Waals surface area contributed by atoms with Crippen molar-refractivity contribution in [2.45, 2.75) is 0 Å². The van der Waals surface area contributed by atoms with Gasteiger partial charge in [-0.15, -0.1) is 0 Å². The number of H-pyrrole nitrogens is 2. The van der Waals surface area contributed by atoms with Crippen molar-refractivity contribution in [3.8, 4) is 0 Å². The molecule has 0 unspecified atom stereocenters. The third-order valence-electron chi connectivity index (χ3n) is 3.27. The van der Waals surface area contributed by atoms with Crippen molar-refractivity contribution >= 4 is 33.4 Å². The van der Waals surface area contributed by atoms with Gasteiger partial charge in [-0.25, -0.2) is 5.32 Å². The molecule has 19 heavy (non-hydrogen) atoms. The molecule has 4 rings (SSSR count). The monoisotopic (exact) mass is 246 g/mol. The summed E-state index contributed by atoms with van der Waals surface area (Å²) in [5, 5.41) is 6.96. The number of aromatic amines is 2. The highest BCUT2D eigenvalue weighted by atomic mass is 15.1. The second-order valence-electron chi connectivity index (χ2n) is 4.60. The molecule has 0 aliphatic rings. The van der Waals surface area contributed by atoms with Crippen molar-refractivity contribution in [1.29, 1.82) is 0 Å². The maximum Gasteiger partial charge on any atom is 0.133 e. The Balaban J connectivity index is 1.73. The van der Waals surface area contributed by atoms with Crippen LogP contribution in [-0.2, 0) is 0 Å². The first-order valence-electron chi connectivity index (χ1n) is 6.26. The van der Waals surface area contributed by atoms with Crippen LogP contribution < -0.4 is 5.32 Å². The van der Waals surface area contributed by atoms with E-state index in [0.717, 1.165) is 22.7 Å². The summed E-state index contributed by atoms with van der Waals surface area (Å²) in [5.74, 6) is 1.74. The average Bonchev–Trinajstić information content (AvgIpc) is 3.00. The number of para-hydroxylation sites is 2. The van der Waals surface area contributed by atoms with E-state index in [1.807, 2.05) is 24.3 Å². The van der Waals surface area contributed by atoms with Crippen LogP contribution >= 0.6 is 0 Å². The molecule has 0 spiro atoms. The van der Waals surface area contributed by atoms with Crippen LogP contribution in [-0.4, -0.2) is 9.97 Å². The van der Waals surface area contributed by atoms with Gasteiger partial charge in [0.05, 0.1) is 0 Å². The molecule has 1 radical (unpaired) electrons. The number of nitrogens with one attached hydrogen (secondary N) is 2. The van der Waals surface area contributed by atoms with E-state index in [0.29, 0.717) is 0 Å². The second kappa shape index (κ2) is 3.92. The molecule has 0 amide bonds. The van der Waals surface area contributed by atoms with Crippen LogP contribution in [0.5, 0.6) is 0 Å². The van der Waals surface area contributed by atoms with Crippen molar-refractivity contribution < 1.29 is 0 Å². The first-order valence-corrected chi connectivity index (χ1v) is 6.26. The third-order valence-corrected chi connectivity index (χ3v) is 3.27. The third kappa shape index (κ3) is 1.76. The fraction of sp³-hybridized carbons (Fsp3) is 0. The summed E-state index contributed by atoms with van der Waals surface area (Å²) in [6.45, 7) is 0. The molecule has 0 fully saturated rings. The average molecular weight is 246 g/mol. The number of aromatic nitrogens is 2. The van der Waals surface area contributed by atoms with Crippen molar-refractivity contribution in [1.82, 2.24) is 15.3 Å². The lowest BCUT2D eigenvalue weighted by Gasteiger charge is -1.94. The minimum Gasteiger partial charge on any atom is -0.340 e. The first-order chi connectivity index (χ1) is 9.38. The molecular formula is C16H12N3. The van der Waals surface area contributed by atoms with Crippen LogP contribution in [0.2, 0.25) is 0 Å². The molecule has 0 aliphatic carbocycles. The molecule has 2 N–H and O–H groups in total. The van der Waals surface area contributed by atoms with Crippen LogP contribution in [0.4, 0.5) is 11.6 Å². The van der Waals surface area contributed by atoms with E-state index in [9.17, 15) is 0 Å². The number of hydrogen-bond acceptors (Lipinski definition) is 0. The van der Waals surface area contributed by atoms with Crippen molar-refractivity contribution in [2.24, 2.45) is 0 Å². The summed E-state index contributed by atoms with van der Waals surface area (Å²) in [6, 6.07) is 20.5. The number of hydrogen-bond donors (Lipinski definition) is 2. The summed E-state index contributed by atoms with van der Waals surface area (Å²) >= 11 is 0. The summed E-state index contributed by atoms with van der Waals surface area (Å²) < 4.78 is 0. The Kier molecular flexibility index (Phi) is 2.12. The van der Waals surface area contributed by atoms with E-state index in [1.165, 1.54) is 10.8 Å². The van der Waals surface area contributed by atoms with Gasteiger partial charge in [0.1, 0.15) is 11.6 Å². The predicted molar refractivity (Wildman–Crippen MR) is 78.1 cm³/mol. The number of nitrogens with zero attached hydrogens (tertiary/aromatic N) is 1. The van der Waals surface area contributed by atoms with E-state index in [-0.39, 0.29) is 0 Å². The predicted octanol–water partition coefficient (Wildman–Crippen LogP) is 4.22. The lowest BCUT2D eigenvalue weighted by molar-refractivity contribution is 1.09. The van der Waals surface area contributed by atoms with Gasteiger partial charge in [0.2, 0.25) is 0 Å². The van der Waals surface area contributed by atoms with Gasteiger partial charge in [-0.3, -0.25) is 0 Å². The Bertz CT molecular complexity index is 716. The quantitative estimate of drug-likeness (QED) is 0.532. The normalized spacial score (nSPS) is 11.2. The Morgan fingerprint density at radius 2 is 1.11 bits per heavy atom. The van der Waals surface area contributed by atoms with Crippen LogP contribution in [0.25, 0.3) is 21.8 Å². The molecule has 3 nitrogen and oxygen atoms in total.